The zero-order chi connectivity index (χ0) is 10.6. The number of hydrogen-bond donors (Lipinski definition) is 1. The highest BCUT2D eigenvalue weighted by Crippen LogP contribution is 2.21. The Bertz CT molecular complexity index is 352. The van der Waals surface area contributed by atoms with Crippen LogP contribution in [-0.4, -0.2) is 6.54 Å². The predicted molar refractivity (Wildman–Crippen MR) is 64.1 cm³/mol. The highest BCUT2D eigenvalue weighted by molar-refractivity contribution is 9.10. The van der Waals surface area contributed by atoms with Gasteiger partial charge in [0.25, 0.3) is 0 Å². The van der Waals surface area contributed by atoms with Crippen molar-refractivity contribution in [2.75, 3.05) is 6.54 Å². The van der Waals surface area contributed by atoms with E-state index < -0.39 is 0 Å². The molecule has 0 bridgehead atoms. The van der Waals surface area contributed by atoms with Gasteiger partial charge in [0.15, 0.2) is 0 Å². The predicted octanol–water partition coefficient (Wildman–Crippen LogP) is 3.04. The van der Waals surface area contributed by atoms with Crippen LogP contribution < -0.4 is 5.32 Å². The van der Waals surface area contributed by atoms with Crippen LogP contribution in [0.15, 0.2) is 22.7 Å². The lowest BCUT2D eigenvalue weighted by Crippen LogP contribution is -2.20. The van der Waals surface area contributed by atoms with E-state index in [-0.39, 0.29) is 6.04 Å². The molecule has 0 aliphatic heterocycles. The Morgan fingerprint density at radius 3 is 2.86 bits per heavy atom. The van der Waals surface area contributed by atoms with Crippen LogP contribution in [-0.2, 0) is 0 Å². The highest BCUT2D eigenvalue weighted by Gasteiger charge is 2.09. The number of nitrogens with one attached hydrogen (secondary N) is 1. The molecule has 0 amide bonds. The molecule has 0 aliphatic carbocycles. The first kappa shape index (κ1) is 11.3. The van der Waals surface area contributed by atoms with E-state index in [9.17, 15) is 0 Å². The molecule has 1 aromatic rings. The van der Waals surface area contributed by atoms with Gasteiger partial charge in [-0.25, -0.2) is 0 Å². The highest BCUT2D eigenvalue weighted by atomic mass is 79.9. The monoisotopic (exact) mass is 251 g/mol. The second kappa shape index (κ2) is 5.19. The quantitative estimate of drug-likeness (QED) is 0.815. The van der Waals surface area contributed by atoms with Crippen LogP contribution in [0.2, 0.25) is 0 Å². The van der Waals surface area contributed by atoms with Crippen molar-refractivity contribution >= 4 is 15.9 Å². The number of benzene rings is 1. The summed E-state index contributed by atoms with van der Waals surface area (Å²) in [5.74, 6) is 2.76. The third-order valence-corrected chi connectivity index (χ3v) is 2.62. The molecule has 0 aromatic heterocycles. The van der Waals surface area contributed by atoms with Crippen LogP contribution in [0, 0.1) is 19.3 Å². The Balaban J connectivity index is 3.03. The summed E-state index contributed by atoms with van der Waals surface area (Å²) in [6.45, 7) is 5.00. The summed E-state index contributed by atoms with van der Waals surface area (Å²) in [4.78, 5) is 0. The standard InChI is InChI=1S/C12H14BrN/c1-4-12(14-5-2)11-8-10(13)7-6-9(11)3/h1,6-8,12,14H,5H2,2-3H3. The van der Waals surface area contributed by atoms with E-state index in [1.807, 2.05) is 6.07 Å². The molecule has 14 heavy (non-hydrogen) atoms. The van der Waals surface area contributed by atoms with Crippen molar-refractivity contribution in [3.63, 3.8) is 0 Å². The normalized spacial score (nSPS) is 12.1. The lowest BCUT2D eigenvalue weighted by atomic mass is 10.0. The van der Waals surface area contributed by atoms with Gasteiger partial charge in [0.2, 0.25) is 0 Å². The third kappa shape index (κ3) is 2.60. The maximum atomic E-state index is 5.48. The molecule has 0 radical (unpaired) electrons. The van der Waals surface area contributed by atoms with Crippen molar-refractivity contribution in [2.45, 2.75) is 19.9 Å². The van der Waals surface area contributed by atoms with Crippen molar-refractivity contribution in [1.82, 2.24) is 5.32 Å². The van der Waals surface area contributed by atoms with Gasteiger partial charge < -0.3 is 5.32 Å². The molecule has 1 nitrogen and oxygen atoms in total. The maximum absolute atomic E-state index is 5.48. The van der Waals surface area contributed by atoms with E-state index in [0.717, 1.165) is 11.0 Å². The van der Waals surface area contributed by atoms with Gasteiger partial charge in [0.1, 0.15) is 0 Å². The molecule has 74 valence electrons. The summed E-state index contributed by atoms with van der Waals surface area (Å²) < 4.78 is 1.07. The molecule has 0 fully saturated rings. The summed E-state index contributed by atoms with van der Waals surface area (Å²) in [5.41, 5.74) is 2.39. The molecule has 2 heteroatoms. The fourth-order valence-electron chi connectivity index (χ4n) is 1.39. The van der Waals surface area contributed by atoms with Gasteiger partial charge in [-0.2, -0.15) is 0 Å². The molecule has 0 heterocycles. The van der Waals surface area contributed by atoms with E-state index in [4.69, 9.17) is 6.42 Å². The summed E-state index contributed by atoms with van der Waals surface area (Å²) in [6.07, 6.45) is 5.48. The molecule has 1 rings (SSSR count). The third-order valence-electron chi connectivity index (χ3n) is 2.13. The summed E-state index contributed by atoms with van der Waals surface area (Å²) in [5, 5.41) is 3.26. The van der Waals surface area contributed by atoms with Crippen LogP contribution >= 0.6 is 15.9 Å². The second-order valence-electron chi connectivity index (χ2n) is 3.16. The number of terminal acetylenes is 1. The van der Waals surface area contributed by atoms with Crippen LogP contribution in [0.4, 0.5) is 0 Å². The average Bonchev–Trinajstić information content (AvgIpc) is 2.18. The van der Waals surface area contributed by atoms with Crippen LogP contribution in [0.25, 0.3) is 0 Å². The van der Waals surface area contributed by atoms with Gasteiger partial charge in [0, 0.05) is 4.47 Å². The number of aryl methyl sites for hydroxylation is 1. The second-order valence-corrected chi connectivity index (χ2v) is 4.07. The van der Waals surface area contributed by atoms with Crippen molar-refractivity contribution in [3.8, 4) is 12.3 Å². The van der Waals surface area contributed by atoms with Crippen LogP contribution in [0.5, 0.6) is 0 Å². The minimum atomic E-state index is 0.0116. The minimum absolute atomic E-state index is 0.0116. The zero-order valence-electron chi connectivity index (χ0n) is 8.47. The first-order valence-corrected chi connectivity index (χ1v) is 5.44. The number of rotatable bonds is 3. The fraction of sp³-hybridized carbons (Fsp3) is 0.333. The molecular formula is C12H14BrN. The fourth-order valence-corrected chi connectivity index (χ4v) is 1.76. The van der Waals surface area contributed by atoms with Gasteiger partial charge in [-0.15, -0.1) is 6.42 Å². The Morgan fingerprint density at radius 1 is 1.57 bits per heavy atom. The van der Waals surface area contributed by atoms with Gasteiger partial charge in [0.05, 0.1) is 6.04 Å². The lowest BCUT2D eigenvalue weighted by molar-refractivity contribution is 0.661. The smallest absolute Gasteiger partial charge is 0.0946 e. The Kier molecular flexibility index (Phi) is 4.19. The zero-order valence-corrected chi connectivity index (χ0v) is 10.1. The van der Waals surface area contributed by atoms with E-state index in [1.54, 1.807) is 0 Å². The lowest BCUT2D eigenvalue weighted by Gasteiger charge is -2.14. The average molecular weight is 252 g/mol. The van der Waals surface area contributed by atoms with E-state index in [0.29, 0.717) is 0 Å². The summed E-state index contributed by atoms with van der Waals surface area (Å²) in [7, 11) is 0. The first-order chi connectivity index (χ1) is 6.69. The van der Waals surface area contributed by atoms with E-state index >= 15 is 0 Å². The van der Waals surface area contributed by atoms with E-state index in [2.05, 4.69) is 53.1 Å². The SMILES string of the molecule is C#CC(NCC)c1cc(Br)ccc1C. The largest absolute Gasteiger partial charge is 0.300 e. The molecule has 1 unspecified atom stereocenters. The van der Waals surface area contributed by atoms with Gasteiger partial charge in [-0.05, 0) is 36.7 Å². The van der Waals surface area contributed by atoms with Gasteiger partial charge in [-0.3, -0.25) is 0 Å². The Morgan fingerprint density at radius 2 is 2.29 bits per heavy atom. The van der Waals surface area contributed by atoms with Gasteiger partial charge in [-0.1, -0.05) is 34.8 Å². The van der Waals surface area contributed by atoms with Crippen LogP contribution in [0.3, 0.4) is 0 Å². The maximum Gasteiger partial charge on any atom is 0.0946 e. The van der Waals surface area contributed by atoms with Gasteiger partial charge >= 0.3 is 0 Å². The minimum Gasteiger partial charge on any atom is -0.300 e. The topological polar surface area (TPSA) is 12.0 Å². The molecule has 1 N–H and O–H groups in total. The number of halogens is 1. The van der Waals surface area contributed by atoms with Crippen molar-refractivity contribution in [3.05, 3.63) is 33.8 Å². The molecule has 0 saturated heterocycles. The molecule has 1 aromatic carbocycles. The molecule has 0 aliphatic rings. The van der Waals surface area contributed by atoms with Crippen molar-refractivity contribution in [2.24, 2.45) is 0 Å². The Hall–Kier alpha value is -0.780. The first-order valence-electron chi connectivity index (χ1n) is 4.64. The summed E-state index contributed by atoms with van der Waals surface area (Å²) in [6, 6.07) is 6.18. The Labute approximate surface area is 94.0 Å². The van der Waals surface area contributed by atoms with Crippen molar-refractivity contribution in [1.29, 1.82) is 0 Å². The van der Waals surface area contributed by atoms with Crippen molar-refractivity contribution < 1.29 is 0 Å². The van der Waals surface area contributed by atoms with E-state index in [1.165, 1.54) is 11.1 Å². The molecular weight excluding hydrogens is 238 g/mol. The molecule has 0 spiro atoms. The molecule has 1 atom stereocenters. The summed E-state index contributed by atoms with van der Waals surface area (Å²) >= 11 is 3.45. The van der Waals surface area contributed by atoms with Crippen LogP contribution in [0.1, 0.15) is 24.1 Å². The number of hydrogen-bond acceptors (Lipinski definition) is 1. The molecule has 0 saturated carbocycles.